The molecule has 1 aliphatic heterocycles. The van der Waals surface area contributed by atoms with Crippen LogP contribution in [-0.4, -0.2) is 33.0 Å². The van der Waals surface area contributed by atoms with Crippen LogP contribution in [0.5, 0.6) is 5.75 Å². The summed E-state index contributed by atoms with van der Waals surface area (Å²) in [5, 5.41) is 3.07. The van der Waals surface area contributed by atoms with E-state index in [1.807, 2.05) is 31.1 Å². The molecule has 0 aromatic heterocycles. The molecule has 1 aliphatic rings. The number of carbonyl (C=O) groups is 2. The number of methoxy groups -OCH3 is 1. The molecule has 3 aromatic carbocycles. The van der Waals surface area contributed by atoms with Crippen molar-refractivity contribution in [2.45, 2.75) is 0 Å². The van der Waals surface area contributed by atoms with Crippen LogP contribution < -0.4 is 19.9 Å². The standard InChI is InChI=1S/C25H22FN3O3/c1-28(2)19-11-13-20(14-12-19)29-24(30)22(16-7-9-17(26)10-8-16)23(25(29)31)27-18-5-4-6-21(15-18)32-3/h4-15,27H,1-3H3. The van der Waals surface area contributed by atoms with E-state index in [0.29, 0.717) is 22.7 Å². The van der Waals surface area contributed by atoms with Crippen molar-refractivity contribution in [1.29, 1.82) is 0 Å². The van der Waals surface area contributed by atoms with E-state index < -0.39 is 17.6 Å². The molecule has 7 heteroatoms. The maximum absolute atomic E-state index is 13.5. The van der Waals surface area contributed by atoms with E-state index in [-0.39, 0.29) is 11.3 Å². The molecule has 3 aromatic rings. The maximum atomic E-state index is 13.5. The zero-order valence-corrected chi connectivity index (χ0v) is 17.9. The van der Waals surface area contributed by atoms with Crippen molar-refractivity contribution in [3.05, 3.63) is 89.9 Å². The monoisotopic (exact) mass is 431 g/mol. The van der Waals surface area contributed by atoms with Gasteiger partial charge in [0.2, 0.25) is 0 Å². The molecule has 0 fully saturated rings. The van der Waals surface area contributed by atoms with Gasteiger partial charge in [-0.1, -0.05) is 18.2 Å². The van der Waals surface area contributed by atoms with E-state index in [1.54, 1.807) is 43.5 Å². The first kappa shape index (κ1) is 21.1. The average Bonchev–Trinajstić information content (AvgIpc) is 3.04. The van der Waals surface area contributed by atoms with Gasteiger partial charge >= 0.3 is 0 Å². The van der Waals surface area contributed by atoms with Crippen LogP contribution in [0.15, 0.2) is 78.5 Å². The minimum atomic E-state index is -0.491. The highest BCUT2D eigenvalue weighted by Crippen LogP contribution is 2.34. The Bertz CT molecular complexity index is 1200. The first-order valence-corrected chi connectivity index (χ1v) is 9.96. The van der Waals surface area contributed by atoms with Crippen LogP contribution in [0.2, 0.25) is 0 Å². The first-order valence-electron chi connectivity index (χ1n) is 9.96. The minimum Gasteiger partial charge on any atom is -0.497 e. The molecule has 1 N–H and O–H groups in total. The van der Waals surface area contributed by atoms with E-state index in [2.05, 4.69) is 5.32 Å². The van der Waals surface area contributed by atoms with Gasteiger partial charge in [0, 0.05) is 31.5 Å². The number of nitrogens with one attached hydrogen (secondary N) is 1. The molecule has 0 spiro atoms. The number of amides is 2. The lowest BCUT2D eigenvalue weighted by Gasteiger charge is -2.18. The Labute approximate surface area is 185 Å². The summed E-state index contributed by atoms with van der Waals surface area (Å²) in [6.45, 7) is 0. The third-order valence-corrected chi connectivity index (χ3v) is 5.18. The van der Waals surface area contributed by atoms with E-state index in [4.69, 9.17) is 4.74 Å². The molecule has 0 unspecified atom stereocenters. The van der Waals surface area contributed by atoms with Gasteiger partial charge in [-0.2, -0.15) is 0 Å². The predicted molar refractivity (Wildman–Crippen MR) is 123 cm³/mol. The summed E-state index contributed by atoms with van der Waals surface area (Å²) in [4.78, 5) is 29.9. The summed E-state index contributed by atoms with van der Waals surface area (Å²) in [6.07, 6.45) is 0. The van der Waals surface area contributed by atoms with Gasteiger partial charge in [-0.05, 0) is 54.1 Å². The normalized spacial score (nSPS) is 13.6. The number of hydrogen-bond donors (Lipinski definition) is 1. The van der Waals surface area contributed by atoms with Crippen LogP contribution in [0.1, 0.15) is 5.56 Å². The summed E-state index contributed by atoms with van der Waals surface area (Å²) in [7, 11) is 5.36. The van der Waals surface area contributed by atoms with Crippen LogP contribution >= 0.6 is 0 Å². The maximum Gasteiger partial charge on any atom is 0.282 e. The Morgan fingerprint density at radius 1 is 0.906 bits per heavy atom. The summed E-state index contributed by atoms with van der Waals surface area (Å²) >= 11 is 0. The van der Waals surface area contributed by atoms with Gasteiger partial charge in [0.15, 0.2) is 0 Å². The number of ether oxygens (including phenoxy) is 1. The number of nitrogens with zero attached hydrogens (tertiary/aromatic N) is 2. The largest absolute Gasteiger partial charge is 0.497 e. The van der Waals surface area contributed by atoms with Gasteiger partial charge in [-0.25, -0.2) is 9.29 Å². The van der Waals surface area contributed by atoms with Crippen molar-refractivity contribution in [1.82, 2.24) is 0 Å². The van der Waals surface area contributed by atoms with Gasteiger partial charge in [-0.15, -0.1) is 0 Å². The highest BCUT2D eigenvalue weighted by atomic mass is 19.1. The highest BCUT2D eigenvalue weighted by Gasteiger charge is 2.40. The Morgan fingerprint density at radius 3 is 2.22 bits per heavy atom. The molecule has 2 amide bonds. The molecular formula is C25H22FN3O3. The quantitative estimate of drug-likeness (QED) is 0.590. The number of anilines is 3. The number of carbonyl (C=O) groups excluding carboxylic acids is 2. The fourth-order valence-electron chi connectivity index (χ4n) is 3.51. The zero-order chi connectivity index (χ0) is 22.8. The fourth-order valence-corrected chi connectivity index (χ4v) is 3.51. The average molecular weight is 431 g/mol. The Hall–Kier alpha value is -4.13. The van der Waals surface area contributed by atoms with Crippen molar-refractivity contribution in [3.63, 3.8) is 0 Å². The number of rotatable bonds is 6. The first-order chi connectivity index (χ1) is 15.4. The Morgan fingerprint density at radius 2 is 1.59 bits per heavy atom. The number of imide groups is 1. The fraction of sp³-hybridized carbons (Fsp3) is 0.120. The lowest BCUT2D eigenvalue weighted by atomic mass is 10.0. The van der Waals surface area contributed by atoms with Crippen LogP contribution in [0.25, 0.3) is 5.57 Å². The van der Waals surface area contributed by atoms with Gasteiger partial charge in [0.25, 0.3) is 11.8 Å². The van der Waals surface area contributed by atoms with E-state index in [0.717, 1.165) is 10.6 Å². The molecule has 0 aliphatic carbocycles. The zero-order valence-electron chi connectivity index (χ0n) is 17.9. The molecule has 32 heavy (non-hydrogen) atoms. The van der Waals surface area contributed by atoms with Gasteiger partial charge < -0.3 is 15.0 Å². The molecule has 0 saturated carbocycles. The predicted octanol–water partition coefficient (Wildman–Crippen LogP) is 4.30. The highest BCUT2D eigenvalue weighted by molar-refractivity contribution is 6.46. The Kier molecular flexibility index (Phi) is 5.64. The summed E-state index contributed by atoms with van der Waals surface area (Å²) in [5.74, 6) is -0.796. The second-order valence-electron chi connectivity index (χ2n) is 7.47. The molecule has 0 bridgehead atoms. The SMILES string of the molecule is COc1cccc(NC2=C(c3ccc(F)cc3)C(=O)N(c3ccc(N(C)C)cc3)C2=O)c1. The molecule has 6 nitrogen and oxygen atoms in total. The minimum absolute atomic E-state index is 0.117. The van der Waals surface area contributed by atoms with Crippen molar-refractivity contribution in [2.24, 2.45) is 0 Å². The second kappa shape index (κ2) is 8.55. The van der Waals surface area contributed by atoms with Gasteiger partial charge in [0.05, 0.1) is 18.4 Å². The van der Waals surface area contributed by atoms with Crippen LogP contribution in [-0.2, 0) is 9.59 Å². The van der Waals surface area contributed by atoms with Crippen molar-refractivity contribution in [2.75, 3.05) is 36.3 Å². The topological polar surface area (TPSA) is 61.9 Å². The molecule has 0 saturated heterocycles. The van der Waals surface area contributed by atoms with Crippen molar-refractivity contribution in [3.8, 4) is 5.75 Å². The third-order valence-electron chi connectivity index (χ3n) is 5.18. The van der Waals surface area contributed by atoms with Crippen LogP contribution in [0.3, 0.4) is 0 Å². The smallest absolute Gasteiger partial charge is 0.282 e. The number of benzene rings is 3. The summed E-state index contributed by atoms with van der Waals surface area (Å²) < 4.78 is 18.8. The Balaban J connectivity index is 1.78. The second-order valence-corrected chi connectivity index (χ2v) is 7.47. The number of hydrogen-bond acceptors (Lipinski definition) is 5. The third kappa shape index (κ3) is 3.92. The molecule has 4 rings (SSSR count). The number of halogens is 1. The van der Waals surface area contributed by atoms with Crippen molar-refractivity contribution < 1.29 is 18.7 Å². The van der Waals surface area contributed by atoms with E-state index in [1.165, 1.54) is 24.3 Å². The lowest BCUT2D eigenvalue weighted by molar-refractivity contribution is -0.120. The summed E-state index contributed by atoms with van der Waals surface area (Å²) in [5.41, 5.74) is 2.72. The van der Waals surface area contributed by atoms with Gasteiger partial charge in [-0.3, -0.25) is 9.59 Å². The van der Waals surface area contributed by atoms with Crippen LogP contribution in [0, 0.1) is 5.82 Å². The molecular weight excluding hydrogens is 409 g/mol. The molecule has 0 atom stereocenters. The summed E-state index contributed by atoms with van der Waals surface area (Å²) in [6, 6.07) is 19.7. The van der Waals surface area contributed by atoms with Crippen LogP contribution in [0.4, 0.5) is 21.5 Å². The van der Waals surface area contributed by atoms with Crippen molar-refractivity contribution >= 4 is 34.4 Å². The van der Waals surface area contributed by atoms with Gasteiger partial charge in [0.1, 0.15) is 17.3 Å². The molecule has 1 heterocycles. The lowest BCUT2D eigenvalue weighted by Crippen LogP contribution is -2.32. The van der Waals surface area contributed by atoms with E-state index in [9.17, 15) is 14.0 Å². The van der Waals surface area contributed by atoms with E-state index >= 15 is 0 Å². The molecule has 0 radical (unpaired) electrons. The molecule has 162 valence electrons.